The highest BCUT2D eigenvalue weighted by molar-refractivity contribution is 5.92. The van der Waals surface area contributed by atoms with Gasteiger partial charge in [0.15, 0.2) is 0 Å². The van der Waals surface area contributed by atoms with Gasteiger partial charge in [0.1, 0.15) is 5.54 Å². The van der Waals surface area contributed by atoms with Crippen LogP contribution in [0.3, 0.4) is 0 Å². The number of hydrogen-bond donors (Lipinski definition) is 1. The van der Waals surface area contributed by atoms with Crippen LogP contribution >= 0.6 is 0 Å². The summed E-state index contributed by atoms with van der Waals surface area (Å²) in [6, 6.07) is 8.10. The molecule has 0 saturated carbocycles. The van der Waals surface area contributed by atoms with E-state index in [9.17, 15) is 9.59 Å². The highest BCUT2D eigenvalue weighted by Crippen LogP contribution is 2.16. The summed E-state index contributed by atoms with van der Waals surface area (Å²) in [5.41, 5.74) is 1.45. The first-order chi connectivity index (χ1) is 8.88. The molecule has 0 aromatic heterocycles. The molecule has 0 bridgehead atoms. The van der Waals surface area contributed by atoms with Gasteiger partial charge in [0.25, 0.3) is 0 Å². The Hall–Kier alpha value is -1.84. The number of hydrogen-bond acceptors (Lipinski definition) is 2. The molecule has 0 aliphatic carbocycles. The van der Waals surface area contributed by atoms with E-state index < -0.39 is 5.54 Å². The van der Waals surface area contributed by atoms with Crippen LogP contribution in [0.2, 0.25) is 0 Å². The van der Waals surface area contributed by atoms with Crippen molar-refractivity contribution in [1.82, 2.24) is 10.2 Å². The maximum atomic E-state index is 12.4. The van der Waals surface area contributed by atoms with E-state index in [4.69, 9.17) is 0 Å². The zero-order chi connectivity index (χ0) is 14.0. The van der Waals surface area contributed by atoms with Crippen molar-refractivity contribution in [3.63, 3.8) is 0 Å². The van der Waals surface area contributed by atoms with E-state index >= 15 is 0 Å². The average molecular weight is 260 g/mol. The molecule has 0 atom stereocenters. The van der Waals surface area contributed by atoms with Crippen LogP contribution in [-0.4, -0.2) is 28.8 Å². The number of carbonyl (C=O) groups excluding carboxylic acids is 2. The number of nitrogens with one attached hydrogen (secondary N) is 1. The molecule has 0 spiro atoms. The molecular formula is C15H20N2O2. The first kappa shape index (κ1) is 13.6. The molecule has 1 aliphatic heterocycles. The lowest BCUT2D eigenvalue weighted by Crippen LogP contribution is -2.52. The molecule has 0 unspecified atom stereocenters. The van der Waals surface area contributed by atoms with E-state index in [1.54, 1.807) is 18.7 Å². The Labute approximate surface area is 113 Å². The van der Waals surface area contributed by atoms with Gasteiger partial charge < -0.3 is 10.2 Å². The summed E-state index contributed by atoms with van der Waals surface area (Å²) >= 11 is 0. The second kappa shape index (κ2) is 5.03. The number of amides is 2. The van der Waals surface area contributed by atoms with Gasteiger partial charge in [-0.2, -0.15) is 0 Å². The molecular weight excluding hydrogens is 240 g/mol. The SMILES string of the molecule is Cc1cccc(CN2CCC(=O)NC(C)(C)C2=O)c1. The lowest BCUT2D eigenvalue weighted by atomic mass is 10.0. The summed E-state index contributed by atoms with van der Waals surface area (Å²) in [5.74, 6) is -0.0926. The van der Waals surface area contributed by atoms with Gasteiger partial charge in [-0.25, -0.2) is 0 Å². The largest absolute Gasteiger partial charge is 0.342 e. The summed E-state index contributed by atoms with van der Waals surface area (Å²) in [6.07, 6.45) is 0.362. The van der Waals surface area contributed by atoms with Crippen molar-refractivity contribution in [3.8, 4) is 0 Å². The van der Waals surface area contributed by atoms with Gasteiger partial charge in [-0.1, -0.05) is 29.8 Å². The fraction of sp³-hybridized carbons (Fsp3) is 0.467. The predicted octanol–water partition coefficient (Wildman–Crippen LogP) is 1.62. The Bertz CT molecular complexity index is 509. The third-order valence-corrected chi connectivity index (χ3v) is 3.34. The molecule has 1 saturated heterocycles. The van der Waals surface area contributed by atoms with Crippen LogP contribution in [0.4, 0.5) is 0 Å². The summed E-state index contributed by atoms with van der Waals surface area (Å²) in [7, 11) is 0. The summed E-state index contributed by atoms with van der Waals surface area (Å²) in [4.78, 5) is 25.8. The molecule has 1 N–H and O–H groups in total. The fourth-order valence-electron chi connectivity index (χ4n) is 2.38. The molecule has 4 nitrogen and oxygen atoms in total. The molecule has 4 heteroatoms. The first-order valence-corrected chi connectivity index (χ1v) is 6.54. The van der Waals surface area contributed by atoms with Crippen LogP contribution in [0.15, 0.2) is 24.3 Å². The molecule has 19 heavy (non-hydrogen) atoms. The van der Waals surface area contributed by atoms with Crippen LogP contribution in [0, 0.1) is 6.92 Å². The third kappa shape index (κ3) is 3.13. The number of aryl methyl sites for hydroxylation is 1. The molecule has 2 rings (SSSR count). The van der Waals surface area contributed by atoms with Gasteiger partial charge in [-0.15, -0.1) is 0 Å². The van der Waals surface area contributed by atoms with Gasteiger partial charge in [0.2, 0.25) is 11.8 Å². The van der Waals surface area contributed by atoms with E-state index in [0.29, 0.717) is 19.5 Å². The van der Waals surface area contributed by atoms with Gasteiger partial charge in [-0.05, 0) is 26.3 Å². The lowest BCUT2D eigenvalue weighted by molar-refractivity contribution is -0.137. The Morgan fingerprint density at radius 2 is 2.05 bits per heavy atom. The Morgan fingerprint density at radius 1 is 1.32 bits per heavy atom. The van der Waals surface area contributed by atoms with Crippen molar-refractivity contribution in [2.24, 2.45) is 0 Å². The van der Waals surface area contributed by atoms with Gasteiger partial charge in [0.05, 0.1) is 0 Å². The summed E-state index contributed by atoms with van der Waals surface area (Å²) in [5, 5.41) is 2.76. The van der Waals surface area contributed by atoms with Crippen molar-refractivity contribution in [1.29, 1.82) is 0 Å². The van der Waals surface area contributed by atoms with E-state index in [1.807, 2.05) is 25.1 Å². The normalized spacial score (nSPS) is 19.0. The van der Waals surface area contributed by atoms with Crippen LogP contribution in [0.5, 0.6) is 0 Å². The van der Waals surface area contributed by atoms with Gasteiger partial charge >= 0.3 is 0 Å². The van der Waals surface area contributed by atoms with Gasteiger partial charge in [-0.3, -0.25) is 9.59 Å². The van der Waals surface area contributed by atoms with Crippen molar-refractivity contribution in [3.05, 3.63) is 35.4 Å². The second-order valence-electron chi connectivity index (χ2n) is 5.64. The highest BCUT2D eigenvalue weighted by atomic mass is 16.2. The van der Waals surface area contributed by atoms with Crippen molar-refractivity contribution in [2.75, 3.05) is 6.54 Å². The zero-order valence-corrected chi connectivity index (χ0v) is 11.7. The predicted molar refractivity (Wildman–Crippen MR) is 73.4 cm³/mol. The molecule has 1 aliphatic rings. The summed E-state index contributed by atoms with van der Waals surface area (Å²) in [6.45, 7) is 6.56. The van der Waals surface area contributed by atoms with Gasteiger partial charge in [0, 0.05) is 19.5 Å². The van der Waals surface area contributed by atoms with Crippen LogP contribution in [0.1, 0.15) is 31.4 Å². The summed E-state index contributed by atoms with van der Waals surface area (Å²) < 4.78 is 0. The van der Waals surface area contributed by atoms with E-state index in [2.05, 4.69) is 11.4 Å². The Kier molecular flexibility index (Phi) is 3.60. The fourth-order valence-corrected chi connectivity index (χ4v) is 2.38. The molecule has 102 valence electrons. The third-order valence-electron chi connectivity index (χ3n) is 3.34. The maximum Gasteiger partial charge on any atom is 0.248 e. The van der Waals surface area contributed by atoms with Crippen LogP contribution in [-0.2, 0) is 16.1 Å². The Balaban J connectivity index is 2.19. The Morgan fingerprint density at radius 3 is 2.74 bits per heavy atom. The minimum Gasteiger partial charge on any atom is -0.342 e. The molecule has 1 heterocycles. The minimum atomic E-state index is -0.822. The standard InChI is InChI=1S/C15H20N2O2/c1-11-5-4-6-12(9-11)10-17-8-7-13(18)16-15(2,3)14(17)19/h4-6,9H,7-8,10H2,1-3H3,(H,16,18). The smallest absolute Gasteiger partial charge is 0.248 e. The van der Waals surface area contributed by atoms with E-state index in [0.717, 1.165) is 5.56 Å². The van der Waals surface area contributed by atoms with Crippen molar-refractivity contribution in [2.45, 2.75) is 39.3 Å². The van der Waals surface area contributed by atoms with E-state index in [-0.39, 0.29) is 11.8 Å². The molecule has 0 radical (unpaired) electrons. The minimum absolute atomic E-state index is 0.0279. The monoisotopic (exact) mass is 260 g/mol. The molecule has 2 amide bonds. The number of carbonyl (C=O) groups is 2. The first-order valence-electron chi connectivity index (χ1n) is 6.54. The quantitative estimate of drug-likeness (QED) is 0.878. The topological polar surface area (TPSA) is 49.4 Å². The number of rotatable bonds is 2. The zero-order valence-electron chi connectivity index (χ0n) is 11.7. The second-order valence-corrected chi connectivity index (χ2v) is 5.64. The van der Waals surface area contributed by atoms with Crippen LogP contribution < -0.4 is 5.32 Å². The maximum absolute atomic E-state index is 12.4. The molecule has 1 aromatic rings. The van der Waals surface area contributed by atoms with Crippen molar-refractivity contribution >= 4 is 11.8 Å². The highest BCUT2D eigenvalue weighted by Gasteiger charge is 2.36. The van der Waals surface area contributed by atoms with Crippen molar-refractivity contribution < 1.29 is 9.59 Å². The average Bonchev–Trinajstić information content (AvgIpc) is 2.40. The van der Waals surface area contributed by atoms with Crippen LogP contribution in [0.25, 0.3) is 0 Å². The lowest BCUT2D eigenvalue weighted by Gasteiger charge is -2.29. The number of nitrogens with zero attached hydrogens (tertiary/aromatic N) is 1. The molecule has 1 fully saturated rings. The molecule has 1 aromatic carbocycles. The number of benzene rings is 1. The van der Waals surface area contributed by atoms with E-state index in [1.165, 1.54) is 5.56 Å².